The van der Waals surface area contributed by atoms with Crippen molar-refractivity contribution in [3.63, 3.8) is 0 Å². The van der Waals surface area contributed by atoms with Crippen LogP contribution < -0.4 is 10.6 Å². The Morgan fingerprint density at radius 3 is 2.69 bits per heavy atom. The van der Waals surface area contributed by atoms with Gasteiger partial charge in [0.1, 0.15) is 10.7 Å². The number of anilines is 3. The number of hydrogen-bond donors (Lipinski definition) is 2. The zero-order chi connectivity index (χ0) is 18.7. The van der Waals surface area contributed by atoms with Crippen LogP contribution in [0.3, 0.4) is 0 Å². The van der Waals surface area contributed by atoms with Gasteiger partial charge in [-0.05, 0) is 55.7 Å². The zero-order valence-corrected chi connectivity index (χ0v) is 15.7. The van der Waals surface area contributed by atoms with Crippen molar-refractivity contribution < 1.29 is 9.18 Å². The van der Waals surface area contributed by atoms with Crippen molar-refractivity contribution in [2.45, 2.75) is 27.2 Å². The Bertz CT molecular complexity index is 952. The van der Waals surface area contributed by atoms with Gasteiger partial charge in [-0.2, -0.15) is 0 Å². The Labute approximate surface area is 156 Å². The highest BCUT2D eigenvalue weighted by atomic mass is 32.1. The number of para-hydroxylation sites is 1. The summed E-state index contributed by atoms with van der Waals surface area (Å²) in [5, 5.41) is 6.77. The lowest BCUT2D eigenvalue weighted by atomic mass is 10.1. The lowest BCUT2D eigenvalue weighted by molar-refractivity contribution is 0.103. The molecule has 0 aliphatic heterocycles. The minimum absolute atomic E-state index is 0.247. The number of aryl methyl sites for hydroxylation is 3. The largest absolute Gasteiger partial charge is 0.331 e. The number of amides is 1. The van der Waals surface area contributed by atoms with Crippen molar-refractivity contribution in [1.29, 1.82) is 0 Å². The van der Waals surface area contributed by atoms with Crippen LogP contribution in [0.15, 0.2) is 42.5 Å². The van der Waals surface area contributed by atoms with E-state index >= 15 is 0 Å². The molecule has 0 saturated carbocycles. The second kappa shape index (κ2) is 7.66. The summed E-state index contributed by atoms with van der Waals surface area (Å²) in [4.78, 5) is 17.6. The van der Waals surface area contributed by atoms with E-state index in [1.54, 1.807) is 26.0 Å². The van der Waals surface area contributed by atoms with E-state index < -0.39 is 0 Å². The average molecular weight is 369 g/mol. The number of thiazole rings is 1. The normalized spacial score (nSPS) is 10.6. The molecule has 3 rings (SSSR count). The molecular weight excluding hydrogens is 349 g/mol. The van der Waals surface area contributed by atoms with Gasteiger partial charge in [0.05, 0.1) is 5.69 Å². The van der Waals surface area contributed by atoms with Crippen LogP contribution in [-0.4, -0.2) is 10.9 Å². The fourth-order valence-corrected chi connectivity index (χ4v) is 3.51. The number of carbonyl (C=O) groups excluding carboxylic acids is 1. The maximum Gasteiger partial charge on any atom is 0.267 e. The first kappa shape index (κ1) is 18.1. The molecule has 1 amide bonds. The average Bonchev–Trinajstić information content (AvgIpc) is 2.99. The second-order valence-electron chi connectivity index (χ2n) is 5.99. The molecule has 6 heteroatoms. The topological polar surface area (TPSA) is 54.0 Å². The zero-order valence-electron chi connectivity index (χ0n) is 14.9. The van der Waals surface area contributed by atoms with E-state index in [0.29, 0.717) is 27.0 Å². The van der Waals surface area contributed by atoms with Gasteiger partial charge in [-0.1, -0.05) is 36.5 Å². The van der Waals surface area contributed by atoms with E-state index in [2.05, 4.69) is 28.6 Å². The van der Waals surface area contributed by atoms with Crippen LogP contribution in [0.2, 0.25) is 0 Å². The van der Waals surface area contributed by atoms with Crippen LogP contribution in [0.4, 0.5) is 20.9 Å². The van der Waals surface area contributed by atoms with Crippen LogP contribution in [0.1, 0.15) is 33.4 Å². The van der Waals surface area contributed by atoms with Gasteiger partial charge < -0.3 is 10.6 Å². The molecule has 0 fully saturated rings. The highest BCUT2D eigenvalue weighted by Gasteiger charge is 2.16. The number of halogens is 1. The number of carbonyl (C=O) groups is 1. The van der Waals surface area contributed by atoms with Gasteiger partial charge in [0.15, 0.2) is 5.13 Å². The molecule has 0 saturated heterocycles. The summed E-state index contributed by atoms with van der Waals surface area (Å²) >= 11 is 1.30. The Hall–Kier alpha value is -2.73. The Morgan fingerprint density at radius 2 is 1.96 bits per heavy atom. The maximum atomic E-state index is 13.4. The molecule has 0 spiro atoms. The van der Waals surface area contributed by atoms with Crippen LogP contribution in [0.25, 0.3) is 0 Å². The first-order valence-electron chi connectivity index (χ1n) is 8.37. The molecule has 0 aliphatic carbocycles. The van der Waals surface area contributed by atoms with Gasteiger partial charge in [0, 0.05) is 11.4 Å². The third kappa shape index (κ3) is 3.91. The number of aromatic nitrogens is 1. The van der Waals surface area contributed by atoms with E-state index in [0.717, 1.165) is 12.1 Å². The summed E-state index contributed by atoms with van der Waals surface area (Å²) in [5.41, 5.74) is 3.88. The number of nitrogens with zero attached hydrogens (tertiary/aromatic N) is 1. The van der Waals surface area contributed by atoms with Gasteiger partial charge in [-0.15, -0.1) is 0 Å². The van der Waals surface area contributed by atoms with Crippen molar-refractivity contribution in [2.75, 3.05) is 10.6 Å². The third-order valence-electron chi connectivity index (χ3n) is 4.06. The summed E-state index contributed by atoms with van der Waals surface area (Å²) in [6, 6.07) is 12.5. The van der Waals surface area contributed by atoms with E-state index in [1.165, 1.54) is 23.0 Å². The summed E-state index contributed by atoms with van der Waals surface area (Å²) in [5.74, 6) is -0.541. The molecule has 1 heterocycles. The summed E-state index contributed by atoms with van der Waals surface area (Å²) in [6.07, 6.45) is 0.908. The van der Waals surface area contributed by atoms with Crippen molar-refractivity contribution >= 4 is 33.8 Å². The molecule has 0 bridgehead atoms. The fraction of sp³-hybridized carbons (Fsp3) is 0.200. The highest BCUT2D eigenvalue weighted by molar-refractivity contribution is 7.17. The standard InChI is InChI=1S/C20H20FN3OS/c1-4-14-7-5-6-8-17(14)24-20-22-13(3)18(26-20)19(25)23-15-9-10-16(21)12(2)11-15/h5-11H,4H2,1-3H3,(H,22,24)(H,23,25). The molecular formula is C20H20FN3OS. The fourth-order valence-electron chi connectivity index (χ4n) is 2.64. The third-order valence-corrected chi connectivity index (χ3v) is 5.13. The van der Waals surface area contributed by atoms with Crippen molar-refractivity contribution in [2.24, 2.45) is 0 Å². The number of hydrogen-bond acceptors (Lipinski definition) is 4. The van der Waals surface area contributed by atoms with E-state index in [-0.39, 0.29) is 11.7 Å². The number of rotatable bonds is 5. The van der Waals surface area contributed by atoms with E-state index in [9.17, 15) is 9.18 Å². The first-order chi connectivity index (χ1) is 12.5. The molecule has 0 unspecified atom stereocenters. The smallest absolute Gasteiger partial charge is 0.267 e. The number of nitrogens with one attached hydrogen (secondary N) is 2. The molecule has 1 aromatic heterocycles. The lowest BCUT2D eigenvalue weighted by Gasteiger charge is -2.07. The monoisotopic (exact) mass is 369 g/mol. The van der Waals surface area contributed by atoms with Crippen molar-refractivity contribution in [3.8, 4) is 0 Å². The predicted octanol–water partition coefficient (Wildman–Crippen LogP) is 5.46. The second-order valence-corrected chi connectivity index (χ2v) is 6.99. The van der Waals surface area contributed by atoms with Gasteiger partial charge in [-0.25, -0.2) is 9.37 Å². The van der Waals surface area contributed by atoms with Crippen molar-refractivity contribution in [1.82, 2.24) is 4.98 Å². The molecule has 0 atom stereocenters. The molecule has 4 nitrogen and oxygen atoms in total. The number of benzene rings is 2. The van der Waals surface area contributed by atoms with E-state index in [4.69, 9.17) is 0 Å². The molecule has 0 radical (unpaired) electrons. The lowest BCUT2D eigenvalue weighted by Crippen LogP contribution is -2.11. The van der Waals surface area contributed by atoms with Gasteiger partial charge in [-0.3, -0.25) is 4.79 Å². The van der Waals surface area contributed by atoms with Crippen molar-refractivity contribution in [3.05, 3.63) is 70.0 Å². The molecule has 134 valence electrons. The summed E-state index contributed by atoms with van der Waals surface area (Å²) in [7, 11) is 0. The van der Waals surface area contributed by atoms with Crippen LogP contribution in [0.5, 0.6) is 0 Å². The maximum absolute atomic E-state index is 13.4. The minimum Gasteiger partial charge on any atom is -0.331 e. The Kier molecular flexibility index (Phi) is 5.32. The minimum atomic E-state index is -0.293. The quantitative estimate of drug-likeness (QED) is 0.628. The SMILES string of the molecule is CCc1ccccc1Nc1nc(C)c(C(=O)Nc2ccc(F)c(C)c2)s1. The summed E-state index contributed by atoms with van der Waals surface area (Å²) < 4.78 is 13.4. The Balaban J connectivity index is 1.79. The van der Waals surface area contributed by atoms with Crippen LogP contribution >= 0.6 is 11.3 Å². The summed E-state index contributed by atoms with van der Waals surface area (Å²) in [6.45, 7) is 5.56. The molecule has 3 aromatic rings. The molecule has 2 aromatic carbocycles. The van der Waals surface area contributed by atoms with Gasteiger partial charge >= 0.3 is 0 Å². The molecule has 2 N–H and O–H groups in total. The van der Waals surface area contributed by atoms with Crippen LogP contribution in [-0.2, 0) is 6.42 Å². The predicted molar refractivity (Wildman–Crippen MR) is 105 cm³/mol. The molecule has 26 heavy (non-hydrogen) atoms. The Morgan fingerprint density at radius 1 is 1.19 bits per heavy atom. The van der Waals surface area contributed by atoms with E-state index in [1.807, 2.05) is 18.2 Å². The van der Waals surface area contributed by atoms with Gasteiger partial charge in [0.2, 0.25) is 0 Å². The first-order valence-corrected chi connectivity index (χ1v) is 9.19. The highest BCUT2D eigenvalue weighted by Crippen LogP contribution is 2.28. The van der Waals surface area contributed by atoms with Crippen LogP contribution in [0, 0.1) is 19.7 Å². The molecule has 0 aliphatic rings. The van der Waals surface area contributed by atoms with Gasteiger partial charge in [0.25, 0.3) is 5.91 Å².